The predicted octanol–water partition coefficient (Wildman–Crippen LogP) is 3.01. The van der Waals surface area contributed by atoms with Crippen molar-refractivity contribution < 1.29 is 18.9 Å². The average Bonchev–Trinajstić information content (AvgIpc) is 3.21. The molecular weight excluding hydrogens is 372 g/mol. The Bertz CT molecular complexity index is 1340. The number of ether oxygens (including phenoxy) is 4. The zero-order chi connectivity index (χ0) is 20.1. The van der Waals surface area contributed by atoms with Gasteiger partial charge < -0.3 is 29.2 Å². The van der Waals surface area contributed by atoms with Crippen molar-refractivity contribution in [3.63, 3.8) is 0 Å². The summed E-state index contributed by atoms with van der Waals surface area (Å²) in [6.07, 6.45) is 0. The van der Waals surface area contributed by atoms with Crippen LogP contribution in [-0.4, -0.2) is 32.1 Å². The van der Waals surface area contributed by atoms with Crippen LogP contribution in [0.25, 0.3) is 32.4 Å². The Morgan fingerprint density at radius 2 is 1.62 bits per heavy atom. The molecule has 0 aliphatic carbocycles. The Balaban J connectivity index is 2.00. The second-order valence-corrected chi connectivity index (χ2v) is 6.89. The summed E-state index contributed by atoms with van der Waals surface area (Å²) in [5.41, 5.74) is 6.55. The van der Waals surface area contributed by atoms with Crippen molar-refractivity contribution in [1.82, 2.24) is 4.57 Å². The molecule has 2 heterocycles. The first kappa shape index (κ1) is 17.6. The maximum atomic E-state index is 13.4. The zero-order valence-electron chi connectivity index (χ0n) is 16.2. The smallest absolute Gasteiger partial charge is 0.259 e. The number of rotatable bonds is 4. The molecule has 1 aliphatic rings. The van der Waals surface area contributed by atoms with Crippen LogP contribution >= 0.6 is 0 Å². The van der Waals surface area contributed by atoms with E-state index in [1.807, 2.05) is 30.3 Å². The van der Waals surface area contributed by atoms with Crippen LogP contribution in [0.2, 0.25) is 0 Å². The molecule has 0 saturated carbocycles. The van der Waals surface area contributed by atoms with Crippen LogP contribution in [0, 0.1) is 0 Å². The van der Waals surface area contributed by atoms with Gasteiger partial charge in [-0.25, -0.2) is 0 Å². The maximum absolute atomic E-state index is 13.4. The first-order chi connectivity index (χ1) is 14.2. The van der Waals surface area contributed by atoms with Gasteiger partial charge in [0.2, 0.25) is 6.79 Å². The topological polar surface area (TPSA) is 84.9 Å². The second kappa shape index (κ2) is 6.56. The summed E-state index contributed by atoms with van der Waals surface area (Å²) in [6, 6.07) is 11.5. The number of nitrogens with two attached hydrogens (primary N) is 1. The number of methoxy groups -OCH3 is 2. The first-order valence-corrected chi connectivity index (χ1v) is 9.31. The van der Waals surface area contributed by atoms with Gasteiger partial charge in [0.1, 0.15) is 0 Å². The van der Waals surface area contributed by atoms with Gasteiger partial charge in [-0.15, -0.1) is 0 Å². The van der Waals surface area contributed by atoms with Gasteiger partial charge in [0.15, 0.2) is 23.0 Å². The van der Waals surface area contributed by atoms with Crippen molar-refractivity contribution in [2.75, 3.05) is 27.6 Å². The van der Waals surface area contributed by atoms with Crippen molar-refractivity contribution in [2.45, 2.75) is 6.54 Å². The Morgan fingerprint density at radius 3 is 2.31 bits per heavy atom. The molecule has 5 rings (SSSR count). The fourth-order valence-corrected chi connectivity index (χ4v) is 4.07. The predicted molar refractivity (Wildman–Crippen MR) is 112 cm³/mol. The van der Waals surface area contributed by atoms with Crippen LogP contribution < -0.4 is 30.2 Å². The number of pyridine rings is 1. The lowest BCUT2D eigenvalue weighted by Crippen LogP contribution is -2.25. The second-order valence-electron chi connectivity index (χ2n) is 6.89. The Morgan fingerprint density at radius 1 is 0.931 bits per heavy atom. The quantitative estimate of drug-likeness (QED) is 0.538. The minimum atomic E-state index is -0.121. The number of hydrogen-bond acceptors (Lipinski definition) is 6. The summed E-state index contributed by atoms with van der Waals surface area (Å²) in [5, 5.41) is 4.17. The van der Waals surface area contributed by atoms with Gasteiger partial charge in [-0.05, 0) is 29.7 Å². The fraction of sp³-hybridized carbons (Fsp3) is 0.227. The molecule has 0 atom stereocenters. The van der Waals surface area contributed by atoms with Crippen LogP contribution in [0.1, 0.15) is 0 Å². The molecular formula is C22H20N2O5. The lowest BCUT2D eigenvalue weighted by atomic mass is 10.00. The third kappa shape index (κ3) is 2.51. The monoisotopic (exact) mass is 392 g/mol. The standard InChI is InChI=1S/C22H20N2O5/c1-26-17-9-15-13-4-3-12-7-19-20(29-11-28-19)8-14(12)21(13)24(6-5-23)22(25)16(15)10-18(17)27-2/h3-4,7-10H,5-6,11,23H2,1-2H3. The van der Waals surface area contributed by atoms with E-state index in [0.717, 1.165) is 27.1 Å². The van der Waals surface area contributed by atoms with Crippen LogP contribution in [0.15, 0.2) is 41.2 Å². The van der Waals surface area contributed by atoms with Crippen molar-refractivity contribution in [3.05, 3.63) is 46.8 Å². The molecule has 7 nitrogen and oxygen atoms in total. The minimum Gasteiger partial charge on any atom is -0.493 e. The molecule has 148 valence electrons. The number of aromatic nitrogens is 1. The highest BCUT2D eigenvalue weighted by Crippen LogP contribution is 2.40. The van der Waals surface area contributed by atoms with Crippen LogP contribution in [-0.2, 0) is 6.54 Å². The number of benzene rings is 3. The van der Waals surface area contributed by atoms with E-state index >= 15 is 0 Å². The van der Waals surface area contributed by atoms with E-state index in [2.05, 4.69) is 0 Å². The van der Waals surface area contributed by atoms with Gasteiger partial charge >= 0.3 is 0 Å². The normalized spacial score (nSPS) is 12.8. The molecule has 2 N–H and O–H groups in total. The third-order valence-corrected chi connectivity index (χ3v) is 5.40. The van der Waals surface area contributed by atoms with Crippen molar-refractivity contribution in [2.24, 2.45) is 5.73 Å². The van der Waals surface area contributed by atoms with E-state index in [0.29, 0.717) is 41.5 Å². The van der Waals surface area contributed by atoms with Crippen LogP contribution in [0.5, 0.6) is 23.0 Å². The summed E-state index contributed by atoms with van der Waals surface area (Å²) in [5.74, 6) is 2.46. The molecule has 0 saturated heterocycles. The summed E-state index contributed by atoms with van der Waals surface area (Å²) in [4.78, 5) is 13.4. The zero-order valence-corrected chi connectivity index (χ0v) is 16.2. The molecule has 0 fully saturated rings. The van der Waals surface area contributed by atoms with Gasteiger partial charge in [-0.3, -0.25) is 4.79 Å². The Labute approximate surface area is 166 Å². The highest BCUT2D eigenvalue weighted by molar-refractivity contribution is 6.16. The molecule has 29 heavy (non-hydrogen) atoms. The summed E-state index contributed by atoms with van der Waals surface area (Å²) < 4.78 is 23.7. The van der Waals surface area contributed by atoms with Gasteiger partial charge in [0.05, 0.1) is 25.1 Å². The molecule has 4 aromatic rings. The lowest BCUT2D eigenvalue weighted by Gasteiger charge is -2.17. The summed E-state index contributed by atoms with van der Waals surface area (Å²) >= 11 is 0. The molecule has 0 spiro atoms. The number of nitrogens with zero attached hydrogens (tertiary/aromatic N) is 1. The van der Waals surface area contributed by atoms with Gasteiger partial charge in [-0.2, -0.15) is 0 Å². The van der Waals surface area contributed by atoms with Crippen LogP contribution in [0.3, 0.4) is 0 Å². The van der Waals surface area contributed by atoms with Crippen LogP contribution in [0.4, 0.5) is 0 Å². The van der Waals surface area contributed by atoms with E-state index in [1.165, 1.54) is 0 Å². The highest BCUT2D eigenvalue weighted by Gasteiger charge is 2.20. The van der Waals surface area contributed by atoms with Crippen molar-refractivity contribution in [1.29, 1.82) is 0 Å². The largest absolute Gasteiger partial charge is 0.493 e. The summed E-state index contributed by atoms with van der Waals surface area (Å²) in [7, 11) is 3.14. The van der Waals surface area contributed by atoms with Crippen molar-refractivity contribution in [3.8, 4) is 23.0 Å². The maximum Gasteiger partial charge on any atom is 0.259 e. The number of hydrogen-bond donors (Lipinski definition) is 1. The third-order valence-electron chi connectivity index (χ3n) is 5.40. The molecule has 3 aromatic carbocycles. The lowest BCUT2D eigenvalue weighted by molar-refractivity contribution is 0.174. The van der Waals surface area contributed by atoms with Gasteiger partial charge in [0, 0.05) is 29.2 Å². The minimum absolute atomic E-state index is 0.121. The van der Waals surface area contributed by atoms with Gasteiger partial charge in [-0.1, -0.05) is 12.1 Å². The molecule has 0 radical (unpaired) electrons. The fourth-order valence-electron chi connectivity index (χ4n) is 4.07. The SMILES string of the molecule is COc1cc2c(=O)n(CCN)c3c4cc5c(cc4ccc3c2cc1OC)OCO5. The first-order valence-electron chi connectivity index (χ1n) is 9.31. The van der Waals surface area contributed by atoms with E-state index < -0.39 is 0 Å². The van der Waals surface area contributed by atoms with E-state index in [-0.39, 0.29) is 12.4 Å². The molecule has 7 heteroatoms. The average molecular weight is 392 g/mol. The van der Waals surface area contributed by atoms with E-state index in [1.54, 1.807) is 24.9 Å². The highest BCUT2D eigenvalue weighted by atomic mass is 16.7. The molecule has 1 aliphatic heterocycles. The molecule has 0 bridgehead atoms. The summed E-state index contributed by atoms with van der Waals surface area (Å²) in [6.45, 7) is 0.932. The van der Waals surface area contributed by atoms with E-state index in [4.69, 9.17) is 24.7 Å². The van der Waals surface area contributed by atoms with Crippen molar-refractivity contribution >= 4 is 32.4 Å². The van der Waals surface area contributed by atoms with E-state index in [9.17, 15) is 4.79 Å². The van der Waals surface area contributed by atoms with Gasteiger partial charge in [0.25, 0.3) is 5.56 Å². The molecule has 0 unspecified atom stereocenters. The Hall–Kier alpha value is -3.45. The molecule has 1 aromatic heterocycles. The number of fused-ring (bicyclic) bond motifs is 6. The molecule has 0 amide bonds. The Kier molecular flexibility index (Phi) is 3.99.